The van der Waals surface area contributed by atoms with Crippen molar-refractivity contribution in [3.05, 3.63) is 10.0 Å². The number of halogens is 3. The SMILES string of the molecule is O=S([O-])Cc1nnc(C(F)(F)F)s1. The highest BCUT2D eigenvalue weighted by Gasteiger charge is 2.35. The van der Waals surface area contributed by atoms with Crippen LogP contribution in [0.2, 0.25) is 0 Å². The summed E-state index contributed by atoms with van der Waals surface area (Å²) < 4.78 is 55.8. The first-order valence-electron chi connectivity index (χ1n) is 2.85. The molecule has 0 spiro atoms. The molecule has 0 aliphatic carbocycles. The van der Waals surface area contributed by atoms with Crippen LogP contribution < -0.4 is 0 Å². The second-order valence-electron chi connectivity index (χ2n) is 1.95. The highest BCUT2D eigenvalue weighted by atomic mass is 32.2. The molecule has 0 amide bonds. The minimum absolute atomic E-state index is 0.166. The van der Waals surface area contributed by atoms with E-state index in [1.54, 1.807) is 0 Å². The number of hydrogen-bond acceptors (Lipinski definition) is 5. The largest absolute Gasteiger partial charge is 0.772 e. The van der Waals surface area contributed by atoms with Gasteiger partial charge in [-0.05, 0) is 11.1 Å². The summed E-state index contributed by atoms with van der Waals surface area (Å²) in [5.41, 5.74) is 0. The predicted molar refractivity (Wildman–Crippen MR) is 37.5 cm³/mol. The fraction of sp³-hybridized carbons (Fsp3) is 0.500. The van der Waals surface area contributed by atoms with Crippen LogP contribution in [0.1, 0.15) is 10.0 Å². The van der Waals surface area contributed by atoms with Gasteiger partial charge >= 0.3 is 6.18 Å². The molecule has 1 atom stereocenters. The van der Waals surface area contributed by atoms with E-state index in [4.69, 9.17) is 0 Å². The molecule has 0 aromatic carbocycles. The van der Waals surface area contributed by atoms with Gasteiger partial charge < -0.3 is 4.55 Å². The molecule has 0 bridgehead atoms. The van der Waals surface area contributed by atoms with E-state index in [-0.39, 0.29) is 16.3 Å². The zero-order valence-electron chi connectivity index (χ0n) is 5.87. The van der Waals surface area contributed by atoms with Gasteiger partial charge in [-0.25, -0.2) is 0 Å². The Balaban J connectivity index is 2.81. The van der Waals surface area contributed by atoms with Crippen molar-refractivity contribution in [2.45, 2.75) is 11.9 Å². The van der Waals surface area contributed by atoms with E-state index in [1.165, 1.54) is 0 Å². The quantitative estimate of drug-likeness (QED) is 0.710. The van der Waals surface area contributed by atoms with Crippen LogP contribution in [0.4, 0.5) is 13.2 Å². The van der Waals surface area contributed by atoms with Crippen LogP contribution in [0.5, 0.6) is 0 Å². The van der Waals surface area contributed by atoms with Gasteiger partial charge in [-0.3, -0.25) is 4.21 Å². The molecule has 0 saturated heterocycles. The predicted octanol–water partition coefficient (Wildman–Crippen LogP) is 0.936. The monoisotopic (exact) mass is 231 g/mol. The molecular weight excluding hydrogens is 229 g/mol. The Hall–Kier alpha value is -0.540. The van der Waals surface area contributed by atoms with Gasteiger partial charge in [0.25, 0.3) is 0 Å². The second-order valence-corrected chi connectivity index (χ2v) is 3.91. The highest BCUT2D eigenvalue weighted by molar-refractivity contribution is 7.78. The zero-order chi connectivity index (χ0) is 10.1. The Kier molecular flexibility index (Phi) is 2.98. The fourth-order valence-corrected chi connectivity index (χ4v) is 1.81. The molecule has 0 aliphatic rings. The number of rotatable bonds is 2. The topological polar surface area (TPSA) is 65.9 Å². The van der Waals surface area contributed by atoms with Crippen molar-refractivity contribution in [1.82, 2.24) is 10.2 Å². The third kappa shape index (κ3) is 3.01. The van der Waals surface area contributed by atoms with Crippen LogP contribution in [0.15, 0.2) is 0 Å². The third-order valence-corrected chi connectivity index (χ3v) is 2.61. The van der Waals surface area contributed by atoms with Crippen molar-refractivity contribution in [2.24, 2.45) is 0 Å². The molecule has 9 heteroatoms. The Morgan fingerprint density at radius 2 is 2.08 bits per heavy atom. The van der Waals surface area contributed by atoms with Gasteiger partial charge in [-0.1, -0.05) is 11.3 Å². The Morgan fingerprint density at radius 3 is 2.46 bits per heavy atom. The summed E-state index contributed by atoms with van der Waals surface area (Å²) in [4.78, 5) is 0. The second kappa shape index (κ2) is 3.68. The summed E-state index contributed by atoms with van der Waals surface area (Å²) in [7, 11) is 0. The molecule has 1 aromatic rings. The van der Waals surface area contributed by atoms with Gasteiger partial charge in [0, 0.05) is 0 Å². The first-order chi connectivity index (χ1) is 5.89. The fourth-order valence-electron chi connectivity index (χ4n) is 0.527. The molecule has 1 heterocycles. The van der Waals surface area contributed by atoms with Crippen molar-refractivity contribution in [1.29, 1.82) is 0 Å². The first-order valence-corrected chi connectivity index (χ1v) is 4.91. The van der Waals surface area contributed by atoms with Crippen molar-refractivity contribution in [3.8, 4) is 0 Å². The van der Waals surface area contributed by atoms with Crippen LogP contribution in [-0.2, 0) is 23.0 Å². The maximum Gasteiger partial charge on any atom is 0.445 e. The van der Waals surface area contributed by atoms with E-state index < -0.39 is 28.0 Å². The first kappa shape index (κ1) is 10.5. The van der Waals surface area contributed by atoms with E-state index in [0.717, 1.165) is 0 Å². The minimum Gasteiger partial charge on any atom is -0.772 e. The van der Waals surface area contributed by atoms with E-state index in [9.17, 15) is 21.9 Å². The van der Waals surface area contributed by atoms with Crippen LogP contribution in [0.3, 0.4) is 0 Å². The van der Waals surface area contributed by atoms with Crippen LogP contribution in [0, 0.1) is 0 Å². The molecule has 4 nitrogen and oxygen atoms in total. The van der Waals surface area contributed by atoms with Crippen molar-refractivity contribution in [2.75, 3.05) is 0 Å². The highest BCUT2D eigenvalue weighted by Crippen LogP contribution is 2.31. The lowest BCUT2D eigenvalue weighted by Gasteiger charge is -1.99. The smallest absolute Gasteiger partial charge is 0.445 e. The van der Waals surface area contributed by atoms with Crippen LogP contribution >= 0.6 is 11.3 Å². The molecule has 1 aromatic heterocycles. The Morgan fingerprint density at radius 1 is 1.46 bits per heavy atom. The summed E-state index contributed by atoms with van der Waals surface area (Å²) in [6.45, 7) is 0. The lowest BCUT2D eigenvalue weighted by molar-refractivity contribution is -0.138. The van der Waals surface area contributed by atoms with Gasteiger partial charge in [0.1, 0.15) is 5.01 Å². The van der Waals surface area contributed by atoms with Crippen molar-refractivity contribution in [3.63, 3.8) is 0 Å². The van der Waals surface area contributed by atoms with Gasteiger partial charge in [-0.2, -0.15) is 13.2 Å². The maximum absolute atomic E-state index is 11.9. The normalized spacial score (nSPS) is 14.5. The molecule has 0 N–H and O–H groups in total. The number of hydrogen-bond donors (Lipinski definition) is 0. The maximum atomic E-state index is 11.9. The van der Waals surface area contributed by atoms with Crippen LogP contribution in [-0.4, -0.2) is 19.0 Å². The zero-order valence-corrected chi connectivity index (χ0v) is 7.50. The lowest BCUT2D eigenvalue weighted by atomic mass is 10.7. The number of nitrogens with zero attached hydrogens (tertiary/aromatic N) is 2. The van der Waals surface area contributed by atoms with E-state index >= 15 is 0 Å². The molecule has 1 rings (SSSR count). The average molecular weight is 231 g/mol. The minimum atomic E-state index is -4.56. The van der Waals surface area contributed by atoms with Crippen molar-refractivity contribution >= 4 is 22.4 Å². The van der Waals surface area contributed by atoms with E-state index in [2.05, 4.69) is 10.2 Å². The molecule has 0 fully saturated rings. The molecule has 13 heavy (non-hydrogen) atoms. The van der Waals surface area contributed by atoms with Gasteiger partial charge in [0.2, 0.25) is 5.01 Å². The summed E-state index contributed by atoms with van der Waals surface area (Å²) in [6.07, 6.45) is -4.56. The summed E-state index contributed by atoms with van der Waals surface area (Å²) in [5, 5.41) is 4.59. The lowest BCUT2D eigenvalue weighted by Crippen LogP contribution is -2.03. The van der Waals surface area contributed by atoms with E-state index in [0.29, 0.717) is 0 Å². The molecule has 0 radical (unpaired) electrons. The summed E-state index contributed by atoms with van der Waals surface area (Å²) in [5.74, 6) is -0.534. The Labute approximate surface area is 77.1 Å². The average Bonchev–Trinajstić information content (AvgIpc) is 2.32. The Bertz CT molecular complexity index is 323. The van der Waals surface area contributed by atoms with Gasteiger partial charge in [0.15, 0.2) is 0 Å². The number of alkyl halides is 3. The van der Waals surface area contributed by atoms with Gasteiger partial charge in [0.05, 0.1) is 5.75 Å². The molecule has 1 unspecified atom stereocenters. The summed E-state index contributed by atoms with van der Waals surface area (Å²) in [6, 6.07) is 0. The molecular formula is C4H2F3N2O2S2-. The van der Waals surface area contributed by atoms with Crippen molar-refractivity contribution < 1.29 is 21.9 Å². The van der Waals surface area contributed by atoms with Crippen LogP contribution in [0.25, 0.3) is 0 Å². The van der Waals surface area contributed by atoms with E-state index in [1.807, 2.05) is 0 Å². The third-order valence-electron chi connectivity index (χ3n) is 0.951. The standard InChI is InChI=1S/C4H3F3N2O2S2/c5-4(6,7)3-9-8-2(12-3)1-13(10)11/h1H2,(H,10,11)/p-1. The molecule has 74 valence electrons. The molecule has 0 aliphatic heterocycles. The molecule has 0 saturated carbocycles. The van der Waals surface area contributed by atoms with Gasteiger partial charge in [-0.15, -0.1) is 10.2 Å². The summed E-state index contributed by atoms with van der Waals surface area (Å²) >= 11 is -2.21. The number of aromatic nitrogens is 2.